The van der Waals surface area contributed by atoms with Gasteiger partial charge in [0.1, 0.15) is 16.4 Å². The Hall–Kier alpha value is -3.42. The molecule has 0 atom stereocenters. The maximum absolute atomic E-state index is 13.2. The summed E-state index contributed by atoms with van der Waals surface area (Å²) in [6.07, 6.45) is 2.55. The van der Waals surface area contributed by atoms with E-state index in [0.29, 0.717) is 21.3 Å². The molecule has 4 aromatic rings. The summed E-state index contributed by atoms with van der Waals surface area (Å²) in [5, 5.41) is 21.2. The number of hydrogen-bond acceptors (Lipinski definition) is 6. The smallest absolute Gasteiger partial charge is 0.328 e. The van der Waals surface area contributed by atoms with Gasteiger partial charge in [-0.25, -0.2) is 4.79 Å². The summed E-state index contributed by atoms with van der Waals surface area (Å²) in [6, 6.07) is 13.7. The molecule has 0 unspecified atom stereocenters. The molecule has 2 aromatic carbocycles. The number of carbonyl (C=O) groups excluding carboxylic acids is 1. The van der Waals surface area contributed by atoms with Crippen LogP contribution in [0.25, 0.3) is 16.2 Å². The topological polar surface area (TPSA) is 83.8 Å². The molecule has 0 fully saturated rings. The van der Waals surface area contributed by atoms with E-state index in [1.165, 1.54) is 28.7 Å². The molecule has 0 amide bonds. The first-order chi connectivity index (χ1) is 14.4. The van der Waals surface area contributed by atoms with Crippen LogP contribution in [-0.2, 0) is 4.79 Å². The zero-order chi connectivity index (χ0) is 21.3. The maximum atomic E-state index is 13.2. The average molecular weight is 437 g/mol. The van der Waals surface area contributed by atoms with Crippen molar-refractivity contribution < 1.29 is 24.5 Å². The lowest BCUT2D eigenvalue weighted by atomic mass is 10.1. The summed E-state index contributed by atoms with van der Waals surface area (Å²) in [4.78, 5) is 25.0. The van der Waals surface area contributed by atoms with E-state index in [4.69, 9.17) is 9.84 Å². The zero-order valence-electron chi connectivity index (χ0n) is 15.8. The number of thiophene rings is 2. The number of aryl methyl sites for hydroxylation is 1. The van der Waals surface area contributed by atoms with Crippen molar-refractivity contribution in [2.45, 2.75) is 6.92 Å². The number of aromatic hydroxyl groups is 1. The van der Waals surface area contributed by atoms with Crippen LogP contribution in [0, 0.1) is 6.92 Å². The third kappa shape index (κ3) is 3.98. The highest BCUT2D eigenvalue weighted by Crippen LogP contribution is 2.43. The predicted octanol–water partition coefficient (Wildman–Crippen LogP) is 6.10. The van der Waals surface area contributed by atoms with Crippen molar-refractivity contribution in [3.05, 3.63) is 80.9 Å². The number of carboxylic acids is 1. The fourth-order valence-corrected chi connectivity index (χ4v) is 5.00. The van der Waals surface area contributed by atoms with Crippen LogP contribution in [0.4, 0.5) is 0 Å². The van der Waals surface area contributed by atoms with Crippen LogP contribution in [0.3, 0.4) is 0 Å². The van der Waals surface area contributed by atoms with Gasteiger partial charge in [-0.05, 0) is 65.9 Å². The Kier molecular flexibility index (Phi) is 5.39. The number of fused-ring (bicyclic) bond motifs is 1. The molecule has 30 heavy (non-hydrogen) atoms. The number of ether oxygens (including phenoxy) is 1. The average Bonchev–Trinajstić information content (AvgIpc) is 3.30. The first-order valence-electron chi connectivity index (χ1n) is 8.95. The Bertz CT molecular complexity index is 1280. The second kappa shape index (κ2) is 8.14. The minimum atomic E-state index is -1.02. The standard InChI is InChI=1S/C23H16O5S2/c1-13-10-11-29-22(13)20(27)23-21(17-8-5-15(24)12-18(17)30-23)28-16-6-2-14(3-7-16)4-9-19(25)26/h2-12,24H,1H3,(H,25,26). The molecule has 0 bridgehead atoms. The lowest BCUT2D eigenvalue weighted by Gasteiger charge is -2.08. The molecule has 7 heteroatoms. The first kappa shape index (κ1) is 19.9. The molecule has 4 rings (SSSR count). The number of hydrogen-bond donors (Lipinski definition) is 2. The number of phenols is 1. The molecule has 0 aliphatic heterocycles. The number of benzene rings is 2. The lowest BCUT2D eigenvalue weighted by Crippen LogP contribution is -2.00. The molecule has 2 heterocycles. The predicted molar refractivity (Wildman–Crippen MR) is 119 cm³/mol. The van der Waals surface area contributed by atoms with Crippen molar-refractivity contribution in [1.29, 1.82) is 0 Å². The molecule has 0 radical (unpaired) electrons. The first-order valence-corrected chi connectivity index (χ1v) is 10.7. The Morgan fingerprint density at radius 1 is 1.03 bits per heavy atom. The Morgan fingerprint density at radius 3 is 2.47 bits per heavy atom. The molecule has 5 nitrogen and oxygen atoms in total. The molecular weight excluding hydrogens is 420 g/mol. The van der Waals surface area contributed by atoms with Crippen LogP contribution in [0.1, 0.15) is 25.7 Å². The fourth-order valence-electron chi connectivity index (χ4n) is 2.95. The van der Waals surface area contributed by atoms with Crippen molar-refractivity contribution >= 4 is 50.6 Å². The summed E-state index contributed by atoms with van der Waals surface area (Å²) in [5.41, 5.74) is 1.63. The SMILES string of the molecule is Cc1ccsc1C(=O)c1sc2cc(O)ccc2c1Oc1ccc(C=CC(=O)O)cc1. The van der Waals surface area contributed by atoms with Crippen molar-refractivity contribution in [3.63, 3.8) is 0 Å². The van der Waals surface area contributed by atoms with Crippen LogP contribution in [0.2, 0.25) is 0 Å². The van der Waals surface area contributed by atoms with Crippen LogP contribution >= 0.6 is 22.7 Å². The Morgan fingerprint density at radius 2 is 1.80 bits per heavy atom. The Labute approximate surface area is 180 Å². The van der Waals surface area contributed by atoms with Crippen molar-refractivity contribution in [3.8, 4) is 17.2 Å². The van der Waals surface area contributed by atoms with Gasteiger partial charge in [0.05, 0.1) is 4.88 Å². The Balaban J connectivity index is 1.75. The third-order valence-electron chi connectivity index (χ3n) is 4.42. The van der Waals surface area contributed by atoms with Gasteiger partial charge in [-0.15, -0.1) is 22.7 Å². The van der Waals surface area contributed by atoms with E-state index in [-0.39, 0.29) is 11.5 Å². The normalized spacial score (nSPS) is 11.2. The fraction of sp³-hybridized carbons (Fsp3) is 0.0435. The van der Waals surface area contributed by atoms with Crippen molar-refractivity contribution in [2.24, 2.45) is 0 Å². The summed E-state index contributed by atoms with van der Waals surface area (Å²) < 4.78 is 6.87. The van der Waals surface area contributed by atoms with E-state index in [1.54, 1.807) is 42.5 Å². The third-order valence-corrected chi connectivity index (χ3v) is 6.57. The molecule has 0 saturated heterocycles. The van der Waals surface area contributed by atoms with Gasteiger partial charge in [0.2, 0.25) is 5.78 Å². The quantitative estimate of drug-likeness (QED) is 0.282. The van der Waals surface area contributed by atoms with Crippen molar-refractivity contribution in [2.75, 3.05) is 0 Å². The van der Waals surface area contributed by atoms with E-state index < -0.39 is 5.97 Å². The minimum Gasteiger partial charge on any atom is -0.508 e. The monoisotopic (exact) mass is 436 g/mol. The van der Waals surface area contributed by atoms with Gasteiger partial charge in [0.25, 0.3) is 0 Å². The van der Waals surface area contributed by atoms with Crippen molar-refractivity contribution in [1.82, 2.24) is 0 Å². The highest BCUT2D eigenvalue weighted by molar-refractivity contribution is 7.22. The van der Waals surface area contributed by atoms with Crippen LogP contribution in [0.5, 0.6) is 17.2 Å². The number of rotatable bonds is 6. The summed E-state index contributed by atoms with van der Waals surface area (Å²) in [5.74, 6) is -0.0421. The van der Waals surface area contributed by atoms with Crippen LogP contribution in [-0.4, -0.2) is 22.0 Å². The molecular formula is C23H16O5S2. The van der Waals surface area contributed by atoms with E-state index in [9.17, 15) is 14.7 Å². The van der Waals surface area contributed by atoms with E-state index in [0.717, 1.165) is 27.3 Å². The summed E-state index contributed by atoms with van der Waals surface area (Å²) in [6.45, 7) is 1.90. The molecule has 0 aliphatic rings. The summed E-state index contributed by atoms with van der Waals surface area (Å²) >= 11 is 2.67. The van der Waals surface area contributed by atoms with Gasteiger partial charge in [-0.2, -0.15) is 0 Å². The lowest BCUT2D eigenvalue weighted by molar-refractivity contribution is -0.131. The largest absolute Gasteiger partial charge is 0.508 e. The second-order valence-electron chi connectivity index (χ2n) is 6.55. The highest BCUT2D eigenvalue weighted by atomic mass is 32.1. The highest BCUT2D eigenvalue weighted by Gasteiger charge is 2.24. The van der Waals surface area contributed by atoms with E-state index >= 15 is 0 Å². The molecule has 0 saturated carbocycles. The van der Waals surface area contributed by atoms with Crippen LogP contribution in [0.15, 0.2) is 60.0 Å². The van der Waals surface area contributed by atoms with E-state index in [1.807, 2.05) is 18.4 Å². The van der Waals surface area contributed by atoms with Gasteiger partial charge in [-0.1, -0.05) is 12.1 Å². The second-order valence-corrected chi connectivity index (χ2v) is 8.51. The molecule has 150 valence electrons. The maximum Gasteiger partial charge on any atom is 0.328 e. The van der Waals surface area contributed by atoms with Gasteiger partial charge in [0, 0.05) is 16.2 Å². The molecule has 2 N–H and O–H groups in total. The number of ketones is 1. The number of phenolic OH excluding ortho intramolecular Hbond substituents is 1. The molecule has 2 aromatic heterocycles. The van der Waals surface area contributed by atoms with Gasteiger partial charge in [-0.3, -0.25) is 4.79 Å². The van der Waals surface area contributed by atoms with Gasteiger partial charge in [0.15, 0.2) is 5.75 Å². The summed E-state index contributed by atoms with van der Waals surface area (Å²) in [7, 11) is 0. The van der Waals surface area contributed by atoms with E-state index in [2.05, 4.69) is 0 Å². The number of carbonyl (C=O) groups is 2. The number of aliphatic carboxylic acids is 1. The van der Waals surface area contributed by atoms with Crippen LogP contribution < -0.4 is 4.74 Å². The van der Waals surface area contributed by atoms with Gasteiger partial charge >= 0.3 is 5.97 Å². The molecule has 0 aliphatic carbocycles. The number of carboxylic acid groups (broad SMARTS) is 1. The molecule has 0 spiro atoms. The minimum absolute atomic E-state index is 0.112. The zero-order valence-corrected chi connectivity index (χ0v) is 17.4. The van der Waals surface area contributed by atoms with Gasteiger partial charge < -0.3 is 14.9 Å².